The summed E-state index contributed by atoms with van der Waals surface area (Å²) in [5, 5.41) is 13.6. The third-order valence-electron chi connectivity index (χ3n) is 4.02. The molecule has 4 rings (SSSR count). The Labute approximate surface area is 148 Å². The standard InChI is InChI=1S/C19H15N3O2S/c1-12(23)22-17(11-25-19(22)13-5-4-8-20-9-13)18(24)15-10-21-16-7-3-2-6-14(15)16/h2-11,21,23H,1H3. The number of hydrogen-bond donors (Lipinski definition) is 1. The Bertz CT molecular complexity index is 1050. The number of nitrogens with one attached hydrogen (secondary N) is 1. The summed E-state index contributed by atoms with van der Waals surface area (Å²) < 4.78 is 1.58. The third-order valence-corrected chi connectivity index (χ3v) is 5.01. The van der Waals surface area contributed by atoms with Gasteiger partial charge in [-0.15, -0.1) is 18.2 Å². The van der Waals surface area contributed by atoms with Crippen molar-refractivity contribution < 1.29 is 19.5 Å². The van der Waals surface area contributed by atoms with Crippen molar-refractivity contribution in [1.82, 2.24) is 4.98 Å². The van der Waals surface area contributed by atoms with Gasteiger partial charge in [-0.25, -0.2) is 0 Å². The van der Waals surface area contributed by atoms with Crippen LogP contribution < -0.4 is 9.55 Å². The smallest absolute Gasteiger partial charge is 0.260 e. The van der Waals surface area contributed by atoms with E-state index in [0.29, 0.717) is 11.3 Å². The van der Waals surface area contributed by atoms with Crippen molar-refractivity contribution in [2.45, 2.75) is 6.92 Å². The Balaban J connectivity index is 1.86. The van der Waals surface area contributed by atoms with Crippen molar-refractivity contribution in [3.8, 4) is 10.6 Å². The summed E-state index contributed by atoms with van der Waals surface area (Å²) >= 11 is 1.40. The molecule has 6 heteroatoms. The summed E-state index contributed by atoms with van der Waals surface area (Å²) in [5.74, 6) is -0.141. The third kappa shape index (κ3) is 2.61. The van der Waals surface area contributed by atoms with Crippen LogP contribution in [0.1, 0.15) is 23.0 Å². The number of carbonyl (C=O) groups is 1. The number of H-pyrrole nitrogens is 1. The zero-order valence-corrected chi connectivity index (χ0v) is 14.2. The Morgan fingerprint density at radius 2 is 2.24 bits per heavy atom. The van der Waals surface area contributed by atoms with Crippen LogP contribution in [-0.2, 0) is 0 Å². The van der Waals surface area contributed by atoms with E-state index in [0.717, 1.165) is 21.5 Å². The average molecular weight is 349 g/mol. The van der Waals surface area contributed by atoms with Crippen LogP contribution in [0.15, 0.2) is 60.4 Å². The van der Waals surface area contributed by atoms with Crippen molar-refractivity contribution in [2.24, 2.45) is 0 Å². The van der Waals surface area contributed by atoms with E-state index in [-0.39, 0.29) is 12.0 Å². The summed E-state index contributed by atoms with van der Waals surface area (Å²) in [6.07, 6.45) is 5.16. The van der Waals surface area contributed by atoms with Crippen LogP contribution in [0.5, 0.6) is 0 Å². The van der Waals surface area contributed by atoms with Crippen LogP contribution in [0.2, 0.25) is 0 Å². The number of rotatable bonds is 4. The van der Waals surface area contributed by atoms with Gasteiger partial charge in [-0.05, 0) is 17.0 Å². The summed E-state index contributed by atoms with van der Waals surface area (Å²) in [6.45, 7) is 1.57. The van der Waals surface area contributed by atoms with E-state index in [2.05, 4.69) is 9.97 Å². The number of thiazole rings is 1. The maximum atomic E-state index is 13.1. The highest BCUT2D eigenvalue weighted by molar-refractivity contribution is 7.12. The second-order valence-electron chi connectivity index (χ2n) is 5.63. The van der Waals surface area contributed by atoms with E-state index in [1.165, 1.54) is 11.3 Å². The Hall–Kier alpha value is -2.96. The fourth-order valence-electron chi connectivity index (χ4n) is 2.89. The molecule has 3 aromatic heterocycles. The van der Waals surface area contributed by atoms with Gasteiger partial charge in [-0.1, -0.05) is 19.1 Å². The molecule has 0 spiro atoms. The minimum Gasteiger partial charge on any atom is -0.431 e. The fourth-order valence-corrected chi connectivity index (χ4v) is 3.91. The van der Waals surface area contributed by atoms with Gasteiger partial charge in [0, 0.05) is 18.0 Å². The molecule has 0 bridgehead atoms. The zero-order chi connectivity index (χ0) is 17.4. The lowest BCUT2D eigenvalue weighted by molar-refractivity contribution is -0.671. The molecule has 4 aromatic rings. The molecule has 0 radical (unpaired) electrons. The molecule has 0 fully saturated rings. The highest BCUT2D eigenvalue weighted by Gasteiger charge is 2.22. The first-order chi connectivity index (χ1) is 12.2. The number of nitrogens with zero attached hydrogens (tertiary/aromatic N) is 2. The highest BCUT2D eigenvalue weighted by Crippen LogP contribution is 2.25. The maximum absolute atomic E-state index is 13.1. The Morgan fingerprint density at radius 3 is 3.00 bits per heavy atom. The minimum atomic E-state index is -0.141. The van der Waals surface area contributed by atoms with Crippen molar-refractivity contribution in [2.75, 3.05) is 0 Å². The maximum Gasteiger partial charge on any atom is 0.260 e. The quantitative estimate of drug-likeness (QED) is 0.267. The van der Waals surface area contributed by atoms with Gasteiger partial charge in [0.2, 0.25) is 0 Å². The molecule has 5 nitrogen and oxygen atoms in total. The minimum absolute atomic E-state index is 0.0447. The van der Waals surface area contributed by atoms with Gasteiger partial charge in [0.05, 0.1) is 18.1 Å². The second-order valence-corrected chi connectivity index (χ2v) is 6.49. The first-order valence-electron chi connectivity index (χ1n) is 7.74. The normalized spacial score (nSPS) is 11.0. The number of aliphatic hydroxyl groups is 1. The monoisotopic (exact) mass is 349 g/mol. The average Bonchev–Trinajstić information content (AvgIpc) is 3.26. The molecular weight excluding hydrogens is 334 g/mol. The van der Waals surface area contributed by atoms with Gasteiger partial charge in [-0.3, -0.25) is 9.97 Å². The molecule has 0 saturated carbocycles. The van der Waals surface area contributed by atoms with E-state index in [9.17, 15) is 9.90 Å². The Kier molecular flexibility index (Phi) is 3.83. The van der Waals surface area contributed by atoms with E-state index in [1.54, 1.807) is 35.5 Å². The lowest BCUT2D eigenvalue weighted by atomic mass is 10.1. The molecule has 1 aromatic carbocycles. The first kappa shape index (κ1) is 15.6. The molecular formula is C19H15N3O2S. The lowest BCUT2D eigenvalue weighted by Crippen LogP contribution is -2.44. The molecule has 25 heavy (non-hydrogen) atoms. The van der Waals surface area contributed by atoms with Crippen LogP contribution in [0, 0.1) is 6.23 Å². The molecule has 2 N–H and O–H groups in total. The number of fused-ring (bicyclic) bond motifs is 1. The predicted molar refractivity (Wildman–Crippen MR) is 93.5 cm³/mol. The number of carbonyl (C=O) groups excluding carboxylic acids is 1. The molecule has 0 saturated heterocycles. The first-order valence-corrected chi connectivity index (χ1v) is 8.62. The lowest BCUT2D eigenvalue weighted by Gasteiger charge is -2.18. The Morgan fingerprint density at radius 1 is 1.36 bits per heavy atom. The number of aromatic nitrogens is 3. The van der Waals surface area contributed by atoms with Crippen molar-refractivity contribution >= 4 is 28.0 Å². The number of aromatic amines is 1. The number of aliphatic hydroxyl groups excluding tert-OH is 1. The van der Waals surface area contributed by atoms with Crippen molar-refractivity contribution in [3.63, 3.8) is 0 Å². The number of benzene rings is 1. The highest BCUT2D eigenvalue weighted by atomic mass is 32.1. The molecule has 0 aliphatic carbocycles. The number of para-hydroxylation sites is 1. The van der Waals surface area contributed by atoms with Crippen molar-refractivity contribution in [1.29, 1.82) is 0 Å². The zero-order valence-electron chi connectivity index (χ0n) is 13.4. The largest absolute Gasteiger partial charge is 0.431 e. The van der Waals surface area contributed by atoms with E-state index in [4.69, 9.17) is 0 Å². The summed E-state index contributed by atoms with van der Waals surface area (Å²) in [5.41, 5.74) is 2.76. The molecule has 0 atom stereocenters. The molecule has 3 heterocycles. The summed E-state index contributed by atoms with van der Waals surface area (Å²) in [6, 6.07) is 11.4. The molecule has 124 valence electrons. The molecule has 0 aliphatic rings. The number of pyridine rings is 1. The van der Waals surface area contributed by atoms with E-state index < -0.39 is 0 Å². The topological polar surface area (TPSA) is 68.2 Å². The SMILES string of the molecule is C[C-](O)[n+]1c(C(=O)c2c[nH+][c-]3ccccc23)c[s+][c-]1-c1cccnc1. The molecule has 0 amide bonds. The molecule has 0 aliphatic heterocycles. The predicted octanol–water partition coefficient (Wildman–Crippen LogP) is 2.74. The van der Waals surface area contributed by atoms with Crippen molar-refractivity contribution in [3.05, 3.63) is 77.9 Å². The van der Waals surface area contributed by atoms with Crippen LogP contribution in [-0.4, -0.2) is 15.9 Å². The van der Waals surface area contributed by atoms with Gasteiger partial charge in [-0.2, -0.15) is 0 Å². The van der Waals surface area contributed by atoms with Crippen LogP contribution in [0.25, 0.3) is 21.5 Å². The second kappa shape index (κ2) is 6.16. The summed E-state index contributed by atoms with van der Waals surface area (Å²) in [4.78, 5) is 20.4. The number of ketones is 1. The fraction of sp³-hybridized carbons (Fsp3) is 0.0526. The van der Waals surface area contributed by atoms with Crippen LogP contribution in [0.4, 0.5) is 0 Å². The van der Waals surface area contributed by atoms with Gasteiger partial charge in [0.25, 0.3) is 5.01 Å². The van der Waals surface area contributed by atoms with Crippen LogP contribution >= 0.6 is 11.3 Å². The van der Waals surface area contributed by atoms with Gasteiger partial charge in [0.1, 0.15) is 28.0 Å². The van der Waals surface area contributed by atoms with E-state index in [1.807, 2.05) is 36.4 Å². The molecule has 0 unspecified atom stereocenters. The van der Waals surface area contributed by atoms with Gasteiger partial charge < -0.3 is 14.5 Å². The summed E-state index contributed by atoms with van der Waals surface area (Å²) in [7, 11) is 0. The van der Waals surface area contributed by atoms with Gasteiger partial charge in [0.15, 0.2) is 0 Å². The van der Waals surface area contributed by atoms with E-state index >= 15 is 0 Å². The van der Waals surface area contributed by atoms with Crippen LogP contribution in [0.3, 0.4) is 0 Å². The number of hydrogen-bond acceptors (Lipinski definition) is 3. The van der Waals surface area contributed by atoms with Gasteiger partial charge >= 0.3 is 0 Å².